The maximum Gasteiger partial charge on any atom is 0.310 e. The Balaban J connectivity index is 0.00000121. The number of hydrogen-bond donors (Lipinski definition) is 1. The number of rotatable bonds is 2. The third kappa shape index (κ3) is 3.41. The van der Waals surface area contributed by atoms with Crippen LogP contribution in [0.2, 0.25) is 0 Å². The van der Waals surface area contributed by atoms with Crippen LogP contribution in [0.1, 0.15) is 19.8 Å². The lowest BCUT2D eigenvalue weighted by atomic mass is 10.0. The molecule has 1 aliphatic rings. The third-order valence-corrected chi connectivity index (χ3v) is 1.92. The first-order valence-electron chi connectivity index (χ1n) is 4.22. The van der Waals surface area contributed by atoms with E-state index >= 15 is 0 Å². The van der Waals surface area contributed by atoms with Crippen molar-refractivity contribution in [1.29, 1.82) is 0 Å². The molecule has 0 aromatic rings. The second-order valence-electron chi connectivity index (χ2n) is 2.80. The van der Waals surface area contributed by atoms with Crippen molar-refractivity contribution < 1.29 is 9.53 Å². The standard InChI is InChI=1S/C8H15NO2.ClH/c1-2-11-8(10)7-4-3-5-9-6-7;/h7,9H,2-6H2,1H3;1H/t7-;/m0./s1. The van der Waals surface area contributed by atoms with E-state index in [1.54, 1.807) is 0 Å². The highest BCUT2D eigenvalue weighted by atomic mass is 35.5. The first-order chi connectivity index (χ1) is 5.34. The fourth-order valence-corrected chi connectivity index (χ4v) is 1.31. The van der Waals surface area contributed by atoms with Crippen LogP contribution in [0.4, 0.5) is 0 Å². The Morgan fingerprint density at radius 2 is 2.42 bits per heavy atom. The van der Waals surface area contributed by atoms with Crippen molar-refractivity contribution in [3.05, 3.63) is 0 Å². The van der Waals surface area contributed by atoms with Gasteiger partial charge >= 0.3 is 5.97 Å². The second kappa shape index (κ2) is 6.26. The molecule has 1 saturated heterocycles. The summed E-state index contributed by atoms with van der Waals surface area (Å²) in [5.41, 5.74) is 0. The zero-order valence-electron chi connectivity index (χ0n) is 7.34. The molecule has 0 amide bonds. The first-order valence-corrected chi connectivity index (χ1v) is 4.22. The molecular formula is C8H16ClNO2. The number of halogens is 1. The largest absolute Gasteiger partial charge is 0.466 e. The van der Waals surface area contributed by atoms with E-state index in [9.17, 15) is 4.79 Å². The summed E-state index contributed by atoms with van der Waals surface area (Å²) < 4.78 is 4.90. The Morgan fingerprint density at radius 1 is 1.67 bits per heavy atom. The van der Waals surface area contributed by atoms with Gasteiger partial charge < -0.3 is 10.1 Å². The topological polar surface area (TPSA) is 38.3 Å². The number of nitrogens with one attached hydrogen (secondary N) is 1. The summed E-state index contributed by atoms with van der Waals surface area (Å²) in [5, 5.41) is 3.17. The minimum Gasteiger partial charge on any atom is -0.466 e. The highest BCUT2D eigenvalue weighted by Gasteiger charge is 2.21. The number of ether oxygens (including phenoxy) is 1. The second-order valence-corrected chi connectivity index (χ2v) is 2.80. The SMILES string of the molecule is CCOC(=O)[C@H]1CCCNC1.Cl. The van der Waals surface area contributed by atoms with Gasteiger partial charge in [-0.05, 0) is 26.3 Å². The van der Waals surface area contributed by atoms with Gasteiger partial charge in [-0.1, -0.05) is 0 Å². The van der Waals surface area contributed by atoms with Crippen LogP contribution in [0.15, 0.2) is 0 Å². The van der Waals surface area contributed by atoms with E-state index in [4.69, 9.17) is 4.74 Å². The Bertz CT molecular complexity index is 135. The molecular weight excluding hydrogens is 178 g/mol. The number of piperidine rings is 1. The Kier molecular flexibility index (Phi) is 6.11. The van der Waals surface area contributed by atoms with Crippen molar-refractivity contribution in [3.63, 3.8) is 0 Å². The smallest absolute Gasteiger partial charge is 0.310 e. The van der Waals surface area contributed by atoms with Crippen molar-refractivity contribution in [2.45, 2.75) is 19.8 Å². The highest BCUT2D eigenvalue weighted by Crippen LogP contribution is 2.11. The Hall–Kier alpha value is -0.280. The lowest BCUT2D eigenvalue weighted by molar-refractivity contribution is -0.148. The van der Waals surface area contributed by atoms with Crippen molar-refractivity contribution >= 4 is 18.4 Å². The van der Waals surface area contributed by atoms with Crippen LogP contribution in [-0.2, 0) is 9.53 Å². The maximum atomic E-state index is 11.1. The van der Waals surface area contributed by atoms with E-state index in [0.717, 1.165) is 25.9 Å². The Labute approximate surface area is 79.3 Å². The van der Waals surface area contributed by atoms with Crippen LogP contribution >= 0.6 is 12.4 Å². The van der Waals surface area contributed by atoms with Gasteiger partial charge in [0.15, 0.2) is 0 Å². The molecule has 0 spiro atoms. The van der Waals surface area contributed by atoms with Gasteiger partial charge in [-0.15, -0.1) is 12.4 Å². The van der Waals surface area contributed by atoms with Gasteiger partial charge in [-0.2, -0.15) is 0 Å². The fourth-order valence-electron chi connectivity index (χ4n) is 1.31. The molecule has 4 heteroatoms. The molecule has 1 N–H and O–H groups in total. The average Bonchev–Trinajstić information content (AvgIpc) is 2.07. The number of esters is 1. The summed E-state index contributed by atoms with van der Waals surface area (Å²) in [6.45, 7) is 4.16. The van der Waals surface area contributed by atoms with Crippen molar-refractivity contribution in [2.75, 3.05) is 19.7 Å². The summed E-state index contributed by atoms with van der Waals surface area (Å²) in [6, 6.07) is 0. The minimum absolute atomic E-state index is 0. The molecule has 0 unspecified atom stereocenters. The molecule has 0 bridgehead atoms. The maximum absolute atomic E-state index is 11.1. The van der Waals surface area contributed by atoms with E-state index in [0.29, 0.717) is 6.61 Å². The molecule has 0 radical (unpaired) electrons. The number of hydrogen-bond acceptors (Lipinski definition) is 3. The predicted octanol–water partition coefficient (Wildman–Crippen LogP) is 0.971. The molecule has 0 aliphatic carbocycles. The molecule has 0 saturated carbocycles. The number of carbonyl (C=O) groups is 1. The average molecular weight is 194 g/mol. The summed E-state index contributed by atoms with van der Waals surface area (Å²) >= 11 is 0. The molecule has 1 aliphatic heterocycles. The van der Waals surface area contributed by atoms with Gasteiger partial charge in [0.1, 0.15) is 0 Å². The minimum atomic E-state index is -0.0419. The lowest BCUT2D eigenvalue weighted by Gasteiger charge is -2.20. The zero-order chi connectivity index (χ0) is 8.10. The molecule has 3 nitrogen and oxygen atoms in total. The van der Waals surface area contributed by atoms with Crippen LogP contribution in [-0.4, -0.2) is 25.7 Å². The summed E-state index contributed by atoms with van der Waals surface area (Å²) in [7, 11) is 0. The van der Waals surface area contributed by atoms with Gasteiger partial charge in [-0.25, -0.2) is 0 Å². The highest BCUT2D eigenvalue weighted by molar-refractivity contribution is 5.85. The van der Waals surface area contributed by atoms with Crippen LogP contribution in [0.5, 0.6) is 0 Å². The third-order valence-electron chi connectivity index (χ3n) is 1.92. The molecule has 12 heavy (non-hydrogen) atoms. The van der Waals surface area contributed by atoms with Gasteiger partial charge in [0, 0.05) is 6.54 Å². The van der Waals surface area contributed by atoms with Crippen molar-refractivity contribution in [3.8, 4) is 0 Å². The monoisotopic (exact) mass is 193 g/mol. The summed E-state index contributed by atoms with van der Waals surface area (Å²) in [6.07, 6.45) is 2.06. The first kappa shape index (κ1) is 11.7. The quantitative estimate of drug-likeness (QED) is 0.665. The van der Waals surface area contributed by atoms with Gasteiger partial charge in [-0.3, -0.25) is 4.79 Å². The normalized spacial score (nSPS) is 22.6. The predicted molar refractivity (Wildman–Crippen MR) is 49.5 cm³/mol. The van der Waals surface area contributed by atoms with E-state index in [-0.39, 0.29) is 24.3 Å². The van der Waals surface area contributed by atoms with Crippen molar-refractivity contribution in [2.24, 2.45) is 5.92 Å². The van der Waals surface area contributed by atoms with E-state index in [2.05, 4.69) is 5.32 Å². The summed E-state index contributed by atoms with van der Waals surface area (Å²) in [4.78, 5) is 11.1. The molecule has 0 aromatic heterocycles. The molecule has 1 rings (SSSR count). The molecule has 1 atom stereocenters. The van der Waals surface area contributed by atoms with Crippen LogP contribution in [0, 0.1) is 5.92 Å². The van der Waals surface area contributed by atoms with Gasteiger partial charge in [0.05, 0.1) is 12.5 Å². The molecule has 1 fully saturated rings. The van der Waals surface area contributed by atoms with Crippen LogP contribution in [0.25, 0.3) is 0 Å². The molecule has 0 aromatic carbocycles. The van der Waals surface area contributed by atoms with Crippen LogP contribution in [0.3, 0.4) is 0 Å². The van der Waals surface area contributed by atoms with E-state index < -0.39 is 0 Å². The number of carbonyl (C=O) groups excluding carboxylic acids is 1. The summed E-state index contributed by atoms with van der Waals surface area (Å²) in [5.74, 6) is 0.0587. The van der Waals surface area contributed by atoms with Crippen molar-refractivity contribution in [1.82, 2.24) is 5.32 Å². The van der Waals surface area contributed by atoms with Crippen LogP contribution < -0.4 is 5.32 Å². The van der Waals surface area contributed by atoms with E-state index in [1.807, 2.05) is 6.92 Å². The van der Waals surface area contributed by atoms with E-state index in [1.165, 1.54) is 0 Å². The van der Waals surface area contributed by atoms with Gasteiger partial charge in [0.2, 0.25) is 0 Å². The zero-order valence-corrected chi connectivity index (χ0v) is 8.15. The lowest BCUT2D eigenvalue weighted by Crippen LogP contribution is -2.35. The molecule has 72 valence electrons. The Morgan fingerprint density at radius 3 is 2.92 bits per heavy atom. The molecule has 1 heterocycles. The fraction of sp³-hybridized carbons (Fsp3) is 0.875. The van der Waals surface area contributed by atoms with Gasteiger partial charge in [0.25, 0.3) is 0 Å².